The van der Waals surface area contributed by atoms with Gasteiger partial charge in [-0.3, -0.25) is 0 Å². The smallest absolute Gasteiger partial charge is 0.231 e. The summed E-state index contributed by atoms with van der Waals surface area (Å²) in [5.74, 6) is 2.48. The Hall–Kier alpha value is -2.24. The molecule has 127 valence electrons. The highest BCUT2D eigenvalue weighted by atomic mass is 16.7. The Kier molecular flexibility index (Phi) is 5.56. The van der Waals surface area contributed by atoms with Gasteiger partial charge in [0.15, 0.2) is 11.5 Å². The van der Waals surface area contributed by atoms with Crippen LogP contribution in [0, 0.1) is 6.42 Å². The van der Waals surface area contributed by atoms with Gasteiger partial charge in [-0.15, -0.1) is 0 Å². The molecule has 1 aliphatic rings. The Bertz CT molecular complexity index is 675. The average molecular weight is 327 g/mol. The number of nitrogens with two attached hydrogens (primary N) is 1. The highest BCUT2D eigenvalue weighted by Gasteiger charge is 2.14. The van der Waals surface area contributed by atoms with Gasteiger partial charge in [-0.2, -0.15) is 0 Å². The lowest BCUT2D eigenvalue weighted by molar-refractivity contribution is 0.174. The Morgan fingerprint density at radius 2 is 2.04 bits per heavy atom. The second-order valence-corrected chi connectivity index (χ2v) is 5.77. The van der Waals surface area contributed by atoms with E-state index in [4.69, 9.17) is 19.9 Å². The summed E-state index contributed by atoms with van der Waals surface area (Å²) in [5.41, 5.74) is 8.52. The third-order valence-corrected chi connectivity index (χ3v) is 3.94. The van der Waals surface area contributed by atoms with E-state index in [1.54, 1.807) is 7.11 Å². The van der Waals surface area contributed by atoms with Crippen molar-refractivity contribution in [2.45, 2.75) is 19.0 Å². The summed E-state index contributed by atoms with van der Waals surface area (Å²) >= 11 is 0. The Labute approximate surface area is 142 Å². The van der Waals surface area contributed by atoms with E-state index < -0.39 is 0 Å². The minimum Gasteiger partial charge on any atom is -0.497 e. The van der Waals surface area contributed by atoms with Gasteiger partial charge in [0.05, 0.1) is 7.11 Å². The van der Waals surface area contributed by atoms with Crippen LogP contribution in [0.15, 0.2) is 42.5 Å². The first-order valence-corrected chi connectivity index (χ1v) is 8.05. The van der Waals surface area contributed by atoms with E-state index in [-0.39, 0.29) is 6.04 Å². The first-order valence-electron chi connectivity index (χ1n) is 8.05. The molecule has 1 unspecified atom stereocenters. The molecule has 0 amide bonds. The van der Waals surface area contributed by atoms with Crippen molar-refractivity contribution in [3.8, 4) is 17.2 Å². The van der Waals surface area contributed by atoms with Gasteiger partial charge in [0, 0.05) is 19.1 Å². The van der Waals surface area contributed by atoms with Gasteiger partial charge in [-0.05, 0) is 48.2 Å². The Morgan fingerprint density at radius 1 is 1.17 bits per heavy atom. The van der Waals surface area contributed by atoms with Crippen molar-refractivity contribution < 1.29 is 14.2 Å². The Morgan fingerprint density at radius 3 is 2.92 bits per heavy atom. The zero-order valence-electron chi connectivity index (χ0n) is 13.8. The number of methoxy groups -OCH3 is 1. The number of rotatable bonds is 8. The van der Waals surface area contributed by atoms with Crippen molar-refractivity contribution in [2.75, 3.05) is 20.4 Å². The second-order valence-electron chi connectivity index (χ2n) is 5.77. The molecule has 0 spiro atoms. The van der Waals surface area contributed by atoms with E-state index >= 15 is 0 Å². The van der Waals surface area contributed by atoms with Gasteiger partial charge in [-0.25, -0.2) is 0 Å². The molecule has 2 aromatic carbocycles. The van der Waals surface area contributed by atoms with Crippen LogP contribution in [0.1, 0.15) is 11.1 Å². The molecule has 3 rings (SSSR count). The fraction of sp³-hybridized carbons (Fsp3) is 0.316. The summed E-state index contributed by atoms with van der Waals surface area (Å²) in [6, 6.07) is 14.0. The molecule has 5 nitrogen and oxygen atoms in total. The topological polar surface area (TPSA) is 65.7 Å². The molecule has 2 aromatic rings. The summed E-state index contributed by atoms with van der Waals surface area (Å²) in [6.07, 6.45) is 2.86. The highest BCUT2D eigenvalue weighted by Crippen LogP contribution is 2.32. The standard InChI is InChI=1S/C19H23N2O3/c1-22-17-4-2-3-15(10-17)12-21-8-7-16(20)9-14-5-6-18-19(11-14)24-13-23-18/h2-7,10-11,16,21H,8-9,12-13,20H2,1H3. The van der Waals surface area contributed by atoms with E-state index in [1.165, 1.54) is 5.56 Å². The zero-order chi connectivity index (χ0) is 16.8. The summed E-state index contributed by atoms with van der Waals surface area (Å²) in [4.78, 5) is 0. The molecule has 24 heavy (non-hydrogen) atoms. The van der Waals surface area contributed by atoms with Crippen molar-refractivity contribution in [1.82, 2.24) is 5.32 Å². The lowest BCUT2D eigenvalue weighted by atomic mass is 10.0. The molecule has 1 heterocycles. The lowest BCUT2D eigenvalue weighted by Gasteiger charge is -2.13. The van der Waals surface area contributed by atoms with Crippen LogP contribution < -0.4 is 25.3 Å². The third-order valence-electron chi connectivity index (χ3n) is 3.94. The van der Waals surface area contributed by atoms with Crippen molar-refractivity contribution in [3.05, 3.63) is 60.0 Å². The van der Waals surface area contributed by atoms with Crippen LogP contribution in [0.25, 0.3) is 0 Å². The number of fused-ring (bicyclic) bond motifs is 1. The maximum absolute atomic E-state index is 6.19. The van der Waals surface area contributed by atoms with Gasteiger partial charge in [-0.1, -0.05) is 18.2 Å². The summed E-state index contributed by atoms with van der Waals surface area (Å²) in [6.45, 7) is 1.83. The van der Waals surface area contributed by atoms with Crippen LogP contribution in [0.3, 0.4) is 0 Å². The molecule has 3 N–H and O–H groups in total. The van der Waals surface area contributed by atoms with E-state index in [0.29, 0.717) is 6.79 Å². The number of nitrogens with one attached hydrogen (secondary N) is 1. The molecule has 5 heteroatoms. The molecule has 1 atom stereocenters. The van der Waals surface area contributed by atoms with Gasteiger partial charge in [0.1, 0.15) is 5.75 Å². The van der Waals surface area contributed by atoms with Crippen LogP contribution in [-0.4, -0.2) is 26.5 Å². The number of ether oxygens (including phenoxy) is 3. The third kappa shape index (κ3) is 4.40. The van der Waals surface area contributed by atoms with E-state index in [2.05, 4.69) is 17.8 Å². The number of benzene rings is 2. The van der Waals surface area contributed by atoms with Crippen LogP contribution in [0.5, 0.6) is 17.2 Å². The molecular formula is C19H23N2O3. The zero-order valence-corrected chi connectivity index (χ0v) is 13.8. The normalized spacial score (nSPS) is 13.8. The molecular weight excluding hydrogens is 304 g/mol. The maximum Gasteiger partial charge on any atom is 0.231 e. The van der Waals surface area contributed by atoms with Crippen LogP contribution in [-0.2, 0) is 13.0 Å². The minimum absolute atomic E-state index is 0.0109. The fourth-order valence-electron chi connectivity index (χ4n) is 2.66. The van der Waals surface area contributed by atoms with Crippen LogP contribution in [0.2, 0.25) is 0 Å². The quantitative estimate of drug-likeness (QED) is 0.728. The van der Waals surface area contributed by atoms with Crippen molar-refractivity contribution in [2.24, 2.45) is 5.73 Å². The molecule has 0 saturated heterocycles. The predicted octanol–water partition coefficient (Wildman–Crippen LogP) is 2.29. The molecule has 0 aliphatic carbocycles. The summed E-state index contributed by atoms with van der Waals surface area (Å²) in [5, 5.41) is 3.38. The maximum atomic E-state index is 6.19. The van der Waals surface area contributed by atoms with E-state index in [1.807, 2.05) is 36.4 Å². The van der Waals surface area contributed by atoms with Gasteiger partial charge in [0.2, 0.25) is 6.79 Å². The molecule has 0 aromatic heterocycles. The molecule has 0 bridgehead atoms. The lowest BCUT2D eigenvalue weighted by Crippen LogP contribution is -2.29. The number of hydrogen-bond donors (Lipinski definition) is 2. The van der Waals surface area contributed by atoms with Gasteiger partial charge < -0.3 is 25.3 Å². The first kappa shape index (κ1) is 16.6. The van der Waals surface area contributed by atoms with Crippen molar-refractivity contribution in [1.29, 1.82) is 0 Å². The predicted molar refractivity (Wildman–Crippen MR) is 93.2 cm³/mol. The monoisotopic (exact) mass is 327 g/mol. The van der Waals surface area contributed by atoms with Crippen LogP contribution >= 0.6 is 0 Å². The summed E-state index contributed by atoms with van der Waals surface area (Å²) < 4.78 is 15.9. The number of hydrogen-bond acceptors (Lipinski definition) is 5. The second kappa shape index (κ2) is 8.04. The van der Waals surface area contributed by atoms with Gasteiger partial charge in [0.25, 0.3) is 0 Å². The van der Waals surface area contributed by atoms with E-state index in [9.17, 15) is 0 Å². The van der Waals surface area contributed by atoms with Crippen molar-refractivity contribution in [3.63, 3.8) is 0 Å². The molecule has 0 saturated carbocycles. The minimum atomic E-state index is -0.0109. The van der Waals surface area contributed by atoms with Gasteiger partial charge >= 0.3 is 0 Å². The fourth-order valence-corrected chi connectivity index (χ4v) is 2.66. The highest BCUT2D eigenvalue weighted by molar-refractivity contribution is 5.44. The average Bonchev–Trinajstić information content (AvgIpc) is 3.06. The molecule has 1 aliphatic heterocycles. The first-order chi connectivity index (χ1) is 11.7. The SMILES string of the molecule is COc1cccc(CNC[CH]C(N)Cc2ccc3c(c2)OCO3)c1. The van der Waals surface area contributed by atoms with Crippen molar-refractivity contribution >= 4 is 0 Å². The Balaban J connectivity index is 1.40. The van der Waals surface area contributed by atoms with E-state index in [0.717, 1.165) is 42.3 Å². The summed E-state index contributed by atoms with van der Waals surface area (Å²) in [7, 11) is 1.68. The van der Waals surface area contributed by atoms with Crippen LogP contribution in [0.4, 0.5) is 0 Å². The largest absolute Gasteiger partial charge is 0.497 e. The molecule has 1 radical (unpaired) electrons. The molecule has 0 fully saturated rings.